The molecule has 1 atom stereocenters. The van der Waals surface area contributed by atoms with Crippen LogP contribution in [0.15, 0.2) is 60.7 Å². The molecule has 0 bridgehead atoms. The molecule has 1 unspecified atom stereocenters. The van der Waals surface area contributed by atoms with Crippen LogP contribution in [0.25, 0.3) is 0 Å². The van der Waals surface area contributed by atoms with Crippen molar-refractivity contribution < 1.29 is 0 Å². The second-order valence-electron chi connectivity index (χ2n) is 5.95. The molecule has 0 nitrogen and oxygen atoms in total. The minimum Gasteiger partial charge on any atom is -0.0648 e. The molecule has 0 amide bonds. The first-order chi connectivity index (χ1) is 10.4. The monoisotopic (exact) mass is 280 g/mol. The molecule has 0 aliphatic heterocycles. The third-order valence-corrected chi connectivity index (χ3v) is 4.37. The minimum absolute atomic E-state index is 0.750. The van der Waals surface area contributed by atoms with E-state index in [9.17, 15) is 0 Å². The SMILES string of the molecule is CCC(CCCCCCc1ccccc1)c1ccccc1. The quantitative estimate of drug-likeness (QED) is 0.468. The molecule has 21 heavy (non-hydrogen) atoms. The summed E-state index contributed by atoms with van der Waals surface area (Å²) >= 11 is 0. The van der Waals surface area contributed by atoms with Gasteiger partial charge in [-0.3, -0.25) is 0 Å². The van der Waals surface area contributed by atoms with Gasteiger partial charge in [-0.25, -0.2) is 0 Å². The topological polar surface area (TPSA) is 0 Å². The summed E-state index contributed by atoms with van der Waals surface area (Å²) in [7, 11) is 0. The number of hydrogen-bond acceptors (Lipinski definition) is 0. The third kappa shape index (κ3) is 5.75. The normalized spacial score (nSPS) is 12.2. The number of hydrogen-bond donors (Lipinski definition) is 0. The summed E-state index contributed by atoms with van der Waals surface area (Å²) in [6.07, 6.45) is 9.25. The van der Waals surface area contributed by atoms with E-state index >= 15 is 0 Å². The van der Waals surface area contributed by atoms with Crippen LogP contribution in [0.5, 0.6) is 0 Å². The van der Waals surface area contributed by atoms with E-state index < -0.39 is 0 Å². The Morgan fingerprint density at radius 2 is 1.33 bits per heavy atom. The van der Waals surface area contributed by atoms with Crippen molar-refractivity contribution in [1.29, 1.82) is 0 Å². The van der Waals surface area contributed by atoms with Gasteiger partial charge in [0.15, 0.2) is 0 Å². The van der Waals surface area contributed by atoms with Crippen LogP contribution >= 0.6 is 0 Å². The van der Waals surface area contributed by atoms with Crippen LogP contribution in [-0.2, 0) is 6.42 Å². The smallest absolute Gasteiger partial charge is 0.0165 e. The van der Waals surface area contributed by atoms with Gasteiger partial charge in [-0.15, -0.1) is 0 Å². The lowest BCUT2D eigenvalue weighted by atomic mass is 9.91. The van der Waals surface area contributed by atoms with E-state index in [1.165, 1.54) is 56.1 Å². The molecule has 2 rings (SSSR count). The molecule has 0 heteroatoms. The van der Waals surface area contributed by atoms with Crippen LogP contribution in [0.4, 0.5) is 0 Å². The third-order valence-electron chi connectivity index (χ3n) is 4.37. The van der Waals surface area contributed by atoms with E-state index in [4.69, 9.17) is 0 Å². The zero-order chi connectivity index (χ0) is 14.8. The largest absolute Gasteiger partial charge is 0.0648 e. The Labute approximate surface area is 130 Å². The molecule has 0 saturated heterocycles. The molecule has 2 aromatic carbocycles. The summed E-state index contributed by atoms with van der Waals surface area (Å²) < 4.78 is 0. The van der Waals surface area contributed by atoms with Crippen molar-refractivity contribution in [2.24, 2.45) is 0 Å². The first-order valence-corrected chi connectivity index (χ1v) is 8.49. The highest BCUT2D eigenvalue weighted by molar-refractivity contribution is 5.19. The fourth-order valence-electron chi connectivity index (χ4n) is 3.05. The average Bonchev–Trinajstić information content (AvgIpc) is 2.56. The lowest BCUT2D eigenvalue weighted by Gasteiger charge is -2.15. The summed E-state index contributed by atoms with van der Waals surface area (Å²) in [4.78, 5) is 0. The second kappa shape index (κ2) is 9.39. The lowest BCUT2D eigenvalue weighted by molar-refractivity contribution is 0.537. The van der Waals surface area contributed by atoms with E-state index in [0.717, 1.165) is 5.92 Å². The predicted octanol–water partition coefficient (Wildman–Crippen LogP) is 6.37. The van der Waals surface area contributed by atoms with Crippen molar-refractivity contribution in [2.75, 3.05) is 0 Å². The van der Waals surface area contributed by atoms with Gasteiger partial charge in [0.05, 0.1) is 0 Å². The average molecular weight is 280 g/mol. The molecule has 0 aliphatic carbocycles. The minimum atomic E-state index is 0.750. The molecular weight excluding hydrogens is 252 g/mol. The van der Waals surface area contributed by atoms with Gasteiger partial charge < -0.3 is 0 Å². The van der Waals surface area contributed by atoms with Crippen molar-refractivity contribution in [1.82, 2.24) is 0 Å². The van der Waals surface area contributed by atoms with E-state index in [1.807, 2.05) is 0 Å². The fourth-order valence-corrected chi connectivity index (χ4v) is 3.05. The lowest BCUT2D eigenvalue weighted by Crippen LogP contribution is -1.97. The molecule has 0 heterocycles. The fraction of sp³-hybridized carbons (Fsp3) is 0.429. The number of benzene rings is 2. The first kappa shape index (κ1) is 15.8. The molecule has 2 aromatic rings. The zero-order valence-corrected chi connectivity index (χ0v) is 13.3. The summed E-state index contributed by atoms with van der Waals surface area (Å²) in [5, 5.41) is 0. The van der Waals surface area contributed by atoms with E-state index in [2.05, 4.69) is 67.6 Å². The van der Waals surface area contributed by atoms with E-state index in [1.54, 1.807) is 0 Å². The van der Waals surface area contributed by atoms with E-state index in [0.29, 0.717) is 0 Å². The van der Waals surface area contributed by atoms with Crippen molar-refractivity contribution >= 4 is 0 Å². The molecule has 0 spiro atoms. The molecule has 0 aromatic heterocycles. The standard InChI is InChI=1S/C21H28/c1-2-20(21-17-11-6-12-18-21)16-10-4-3-7-13-19-14-8-5-9-15-19/h5-6,8-9,11-12,14-15,17-18,20H,2-4,7,10,13,16H2,1H3. The number of aryl methyl sites for hydroxylation is 1. The van der Waals surface area contributed by atoms with Crippen molar-refractivity contribution in [3.05, 3.63) is 71.8 Å². The summed E-state index contributed by atoms with van der Waals surface area (Å²) in [6, 6.07) is 21.9. The maximum absolute atomic E-state index is 2.31. The Morgan fingerprint density at radius 1 is 0.714 bits per heavy atom. The van der Waals surface area contributed by atoms with Crippen molar-refractivity contribution in [3.63, 3.8) is 0 Å². The maximum atomic E-state index is 2.31. The highest BCUT2D eigenvalue weighted by Gasteiger charge is 2.07. The molecular formula is C21H28. The Hall–Kier alpha value is -1.56. The van der Waals surface area contributed by atoms with Gasteiger partial charge in [0.2, 0.25) is 0 Å². The molecule has 0 saturated carbocycles. The summed E-state index contributed by atoms with van der Waals surface area (Å²) in [6.45, 7) is 2.31. The van der Waals surface area contributed by atoms with Gasteiger partial charge in [0.1, 0.15) is 0 Å². The highest BCUT2D eigenvalue weighted by atomic mass is 14.1. The Morgan fingerprint density at radius 3 is 2.00 bits per heavy atom. The molecule has 0 fully saturated rings. The van der Waals surface area contributed by atoms with Gasteiger partial charge in [-0.05, 0) is 42.7 Å². The van der Waals surface area contributed by atoms with Gasteiger partial charge >= 0.3 is 0 Å². The van der Waals surface area contributed by atoms with Crippen molar-refractivity contribution in [3.8, 4) is 0 Å². The van der Waals surface area contributed by atoms with Crippen molar-refractivity contribution in [2.45, 2.75) is 57.8 Å². The van der Waals surface area contributed by atoms with Gasteiger partial charge in [-0.1, -0.05) is 86.8 Å². The molecule has 0 N–H and O–H groups in total. The van der Waals surface area contributed by atoms with Crippen LogP contribution in [0, 0.1) is 0 Å². The molecule has 112 valence electrons. The van der Waals surface area contributed by atoms with Gasteiger partial charge in [0, 0.05) is 0 Å². The summed E-state index contributed by atoms with van der Waals surface area (Å²) in [5.74, 6) is 0.750. The molecule has 0 radical (unpaired) electrons. The molecule has 0 aliphatic rings. The van der Waals surface area contributed by atoms with Gasteiger partial charge in [-0.2, -0.15) is 0 Å². The van der Waals surface area contributed by atoms with E-state index in [-0.39, 0.29) is 0 Å². The number of unbranched alkanes of at least 4 members (excludes halogenated alkanes) is 3. The van der Waals surface area contributed by atoms with Crippen LogP contribution in [-0.4, -0.2) is 0 Å². The highest BCUT2D eigenvalue weighted by Crippen LogP contribution is 2.25. The predicted molar refractivity (Wildman–Crippen MR) is 92.7 cm³/mol. The summed E-state index contributed by atoms with van der Waals surface area (Å²) in [5.41, 5.74) is 3.00. The second-order valence-corrected chi connectivity index (χ2v) is 5.95. The van der Waals surface area contributed by atoms with Crippen LogP contribution in [0.1, 0.15) is 62.5 Å². The Balaban J connectivity index is 1.61. The van der Waals surface area contributed by atoms with Crippen LogP contribution in [0.2, 0.25) is 0 Å². The zero-order valence-electron chi connectivity index (χ0n) is 13.3. The number of rotatable bonds is 9. The Bertz CT molecular complexity index is 472. The van der Waals surface area contributed by atoms with Crippen LogP contribution in [0.3, 0.4) is 0 Å². The van der Waals surface area contributed by atoms with Gasteiger partial charge in [0.25, 0.3) is 0 Å². The maximum Gasteiger partial charge on any atom is -0.0165 e. The first-order valence-electron chi connectivity index (χ1n) is 8.49. The van der Waals surface area contributed by atoms with Crippen LogP contribution < -0.4 is 0 Å². The Kier molecular flexibility index (Phi) is 7.07.